The van der Waals surface area contributed by atoms with E-state index >= 15 is 0 Å². The number of amides is 1. The normalized spacial score (nSPS) is 26.9. The SMILES string of the molecule is CC(C(=O)NC1CCCCC1)N1CCCC(C(=O)O)C1. The van der Waals surface area contributed by atoms with E-state index in [9.17, 15) is 9.59 Å². The number of piperidine rings is 1. The van der Waals surface area contributed by atoms with E-state index in [1.54, 1.807) is 0 Å². The summed E-state index contributed by atoms with van der Waals surface area (Å²) in [6, 6.07) is 0.0952. The lowest BCUT2D eigenvalue weighted by atomic mass is 9.94. The second-order valence-electron chi connectivity index (χ2n) is 6.19. The van der Waals surface area contributed by atoms with Crippen LogP contribution in [0.2, 0.25) is 0 Å². The zero-order valence-electron chi connectivity index (χ0n) is 12.3. The number of aliphatic carboxylic acids is 1. The van der Waals surface area contributed by atoms with Crippen LogP contribution in [0.3, 0.4) is 0 Å². The molecule has 114 valence electrons. The van der Waals surface area contributed by atoms with Crippen LogP contribution >= 0.6 is 0 Å². The second-order valence-corrected chi connectivity index (χ2v) is 6.19. The maximum Gasteiger partial charge on any atom is 0.307 e. The molecule has 1 amide bonds. The van der Waals surface area contributed by atoms with Gasteiger partial charge in [-0.25, -0.2) is 0 Å². The van der Waals surface area contributed by atoms with Crippen molar-refractivity contribution in [3.8, 4) is 0 Å². The van der Waals surface area contributed by atoms with Crippen molar-refractivity contribution in [2.75, 3.05) is 13.1 Å². The second kappa shape index (κ2) is 7.07. The third kappa shape index (κ3) is 3.95. The van der Waals surface area contributed by atoms with Crippen LogP contribution in [0.1, 0.15) is 51.9 Å². The number of rotatable bonds is 4. The Labute approximate surface area is 120 Å². The van der Waals surface area contributed by atoms with Gasteiger partial charge >= 0.3 is 5.97 Å². The number of hydrogen-bond acceptors (Lipinski definition) is 3. The van der Waals surface area contributed by atoms with E-state index in [1.807, 2.05) is 11.8 Å². The molecule has 5 nitrogen and oxygen atoms in total. The van der Waals surface area contributed by atoms with Gasteiger partial charge in [0.05, 0.1) is 12.0 Å². The van der Waals surface area contributed by atoms with Gasteiger partial charge in [0, 0.05) is 12.6 Å². The number of carbonyl (C=O) groups excluding carboxylic acids is 1. The zero-order chi connectivity index (χ0) is 14.5. The van der Waals surface area contributed by atoms with Crippen molar-refractivity contribution in [2.45, 2.75) is 64.0 Å². The van der Waals surface area contributed by atoms with Crippen molar-refractivity contribution < 1.29 is 14.7 Å². The lowest BCUT2D eigenvalue weighted by Crippen LogP contribution is -2.52. The number of carboxylic acids is 1. The van der Waals surface area contributed by atoms with Crippen molar-refractivity contribution >= 4 is 11.9 Å². The van der Waals surface area contributed by atoms with Gasteiger partial charge in [0.25, 0.3) is 0 Å². The van der Waals surface area contributed by atoms with Crippen LogP contribution in [0.4, 0.5) is 0 Å². The molecule has 2 atom stereocenters. The van der Waals surface area contributed by atoms with E-state index < -0.39 is 5.97 Å². The molecule has 2 rings (SSSR count). The molecule has 2 unspecified atom stereocenters. The molecule has 0 bridgehead atoms. The van der Waals surface area contributed by atoms with Crippen molar-refractivity contribution in [1.29, 1.82) is 0 Å². The Bertz CT molecular complexity index is 353. The van der Waals surface area contributed by atoms with Crippen LogP contribution < -0.4 is 5.32 Å². The predicted octanol–water partition coefficient (Wildman–Crippen LogP) is 1.62. The van der Waals surface area contributed by atoms with Gasteiger partial charge in [-0.1, -0.05) is 19.3 Å². The van der Waals surface area contributed by atoms with E-state index in [0.29, 0.717) is 12.6 Å². The fourth-order valence-corrected chi connectivity index (χ4v) is 3.29. The Morgan fingerprint density at radius 3 is 2.50 bits per heavy atom. The van der Waals surface area contributed by atoms with Crippen LogP contribution in [0, 0.1) is 5.92 Å². The summed E-state index contributed by atoms with van der Waals surface area (Å²) in [6.07, 6.45) is 7.41. The summed E-state index contributed by atoms with van der Waals surface area (Å²) in [6.45, 7) is 3.21. The largest absolute Gasteiger partial charge is 0.481 e. The Balaban J connectivity index is 1.84. The van der Waals surface area contributed by atoms with Crippen LogP contribution in [-0.2, 0) is 9.59 Å². The Hall–Kier alpha value is -1.10. The first-order chi connectivity index (χ1) is 9.58. The van der Waals surface area contributed by atoms with Crippen LogP contribution in [0.25, 0.3) is 0 Å². The molecule has 1 heterocycles. The number of nitrogens with one attached hydrogen (secondary N) is 1. The third-order valence-electron chi connectivity index (χ3n) is 4.68. The molecule has 0 aromatic heterocycles. The van der Waals surface area contributed by atoms with Crippen molar-refractivity contribution in [1.82, 2.24) is 10.2 Å². The first-order valence-electron chi connectivity index (χ1n) is 7.85. The minimum absolute atomic E-state index is 0.0583. The van der Waals surface area contributed by atoms with Gasteiger partial charge in [0.2, 0.25) is 5.91 Å². The summed E-state index contributed by atoms with van der Waals surface area (Å²) in [5.41, 5.74) is 0. The molecule has 1 saturated heterocycles. The molecule has 2 fully saturated rings. The summed E-state index contributed by atoms with van der Waals surface area (Å²) in [5, 5.41) is 12.2. The maximum atomic E-state index is 12.3. The summed E-state index contributed by atoms with van der Waals surface area (Å²) >= 11 is 0. The molecule has 1 saturated carbocycles. The van der Waals surface area contributed by atoms with E-state index in [0.717, 1.165) is 32.2 Å². The smallest absolute Gasteiger partial charge is 0.307 e. The van der Waals surface area contributed by atoms with Gasteiger partial charge in [-0.15, -0.1) is 0 Å². The highest BCUT2D eigenvalue weighted by molar-refractivity contribution is 5.81. The molecule has 20 heavy (non-hydrogen) atoms. The highest BCUT2D eigenvalue weighted by atomic mass is 16.4. The molecular formula is C15H26N2O3. The van der Waals surface area contributed by atoms with Crippen LogP contribution in [0.5, 0.6) is 0 Å². The van der Waals surface area contributed by atoms with Crippen LogP contribution in [-0.4, -0.2) is 47.1 Å². The molecule has 0 radical (unpaired) electrons. The lowest BCUT2D eigenvalue weighted by molar-refractivity contribution is -0.145. The van der Waals surface area contributed by atoms with Gasteiger partial charge in [0.15, 0.2) is 0 Å². The summed E-state index contributed by atoms with van der Waals surface area (Å²) < 4.78 is 0. The van der Waals surface area contributed by atoms with E-state index in [1.165, 1.54) is 19.3 Å². The number of likely N-dealkylation sites (tertiary alicyclic amines) is 1. The molecule has 1 aliphatic heterocycles. The topological polar surface area (TPSA) is 69.6 Å². The molecule has 2 N–H and O–H groups in total. The minimum Gasteiger partial charge on any atom is -0.481 e. The van der Waals surface area contributed by atoms with Crippen molar-refractivity contribution in [3.05, 3.63) is 0 Å². The van der Waals surface area contributed by atoms with Crippen molar-refractivity contribution in [2.24, 2.45) is 5.92 Å². The third-order valence-corrected chi connectivity index (χ3v) is 4.68. The minimum atomic E-state index is -0.741. The number of carboxylic acid groups (broad SMARTS) is 1. The summed E-state index contributed by atoms with van der Waals surface area (Å²) in [7, 11) is 0. The Morgan fingerprint density at radius 1 is 1.15 bits per heavy atom. The van der Waals surface area contributed by atoms with Gasteiger partial charge in [-0.05, 0) is 39.2 Å². The molecule has 0 aromatic rings. The first-order valence-corrected chi connectivity index (χ1v) is 7.85. The fraction of sp³-hybridized carbons (Fsp3) is 0.867. The standard InChI is InChI=1S/C15H26N2O3/c1-11(14(18)16-13-7-3-2-4-8-13)17-9-5-6-12(10-17)15(19)20/h11-13H,2-10H2,1H3,(H,16,18)(H,19,20). The number of carbonyl (C=O) groups is 2. The highest BCUT2D eigenvalue weighted by Crippen LogP contribution is 2.20. The van der Waals surface area contributed by atoms with Gasteiger partial charge in [-0.3, -0.25) is 14.5 Å². The molecule has 0 spiro atoms. The average molecular weight is 282 g/mol. The lowest BCUT2D eigenvalue weighted by Gasteiger charge is -2.35. The molecule has 0 aromatic carbocycles. The predicted molar refractivity (Wildman–Crippen MR) is 76.4 cm³/mol. The van der Waals surface area contributed by atoms with Gasteiger partial charge in [0.1, 0.15) is 0 Å². The van der Waals surface area contributed by atoms with Gasteiger partial charge in [-0.2, -0.15) is 0 Å². The van der Waals surface area contributed by atoms with E-state index in [-0.39, 0.29) is 17.9 Å². The fourth-order valence-electron chi connectivity index (χ4n) is 3.29. The quantitative estimate of drug-likeness (QED) is 0.822. The highest BCUT2D eigenvalue weighted by Gasteiger charge is 2.31. The Morgan fingerprint density at radius 2 is 1.85 bits per heavy atom. The monoisotopic (exact) mass is 282 g/mol. The molecule has 2 aliphatic rings. The number of hydrogen-bond donors (Lipinski definition) is 2. The average Bonchev–Trinajstić information content (AvgIpc) is 2.47. The van der Waals surface area contributed by atoms with Crippen molar-refractivity contribution in [3.63, 3.8) is 0 Å². The number of nitrogens with zero attached hydrogens (tertiary/aromatic N) is 1. The zero-order valence-corrected chi connectivity index (χ0v) is 12.3. The summed E-state index contributed by atoms with van der Waals surface area (Å²) in [5.74, 6) is -1.01. The molecule has 1 aliphatic carbocycles. The summed E-state index contributed by atoms with van der Waals surface area (Å²) in [4.78, 5) is 25.4. The van der Waals surface area contributed by atoms with E-state index in [4.69, 9.17) is 5.11 Å². The first kappa shape index (κ1) is 15.3. The maximum absolute atomic E-state index is 12.3. The van der Waals surface area contributed by atoms with Crippen LogP contribution in [0.15, 0.2) is 0 Å². The van der Waals surface area contributed by atoms with Gasteiger partial charge < -0.3 is 10.4 Å². The molecule has 5 heteroatoms. The Kier molecular flexibility index (Phi) is 5.40. The van der Waals surface area contributed by atoms with E-state index in [2.05, 4.69) is 5.32 Å². The molecular weight excluding hydrogens is 256 g/mol.